The number of para-hydroxylation sites is 1. The van der Waals surface area contributed by atoms with Crippen molar-refractivity contribution in [2.24, 2.45) is 0 Å². The van der Waals surface area contributed by atoms with Crippen molar-refractivity contribution >= 4 is 11.0 Å². The predicted molar refractivity (Wildman–Crippen MR) is 34.7 cm³/mol. The second-order valence-corrected chi connectivity index (χ2v) is 1.88. The quantitative estimate of drug-likeness (QED) is 0.543. The van der Waals surface area contributed by atoms with Gasteiger partial charge in [-0.2, -0.15) is 0 Å². The maximum atomic E-state index is 9.00. The van der Waals surface area contributed by atoms with Crippen molar-refractivity contribution in [2.45, 2.75) is 0 Å². The Morgan fingerprint density at radius 3 is 3.30 bits per heavy atom. The molecule has 0 aliphatic carbocycles. The molecule has 0 aliphatic rings. The molecule has 2 rings (SSSR count). The minimum absolute atomic E-state index is 0.266. The van der Waals surface area contributed by atoms with Crippen LogP contribution in [0.2, 0.25) is 0 Å². The van der Waals surface area contributed by atoms with Crippen molar-refractivity contribution in [3.05, 3.63) is 24.2 Å². The largest absolute Gasteiger partial charge is 0.410 e. The molecule has 0 saturated carbocycles. The van der Waals surface area contributed by atoms with Crippen LogP contribution in [0.3, 0.4) is 0 Å². The summed E-state index contributed by atoms with van der Waals surface area (Å²) in [5, 5.41) is 15.9. The topological polar surface area (TPSA) is 50.9 Å². The summed E-state index contributed by atoms with van der Waals surface area (Å²) < 4.78 is 7.35. The fourth-order valence-corrected chi connectivity index (χ4v) is 0.796. The Hall–Kier alpha value is -1.58. The first-order valence-corrected chi connectivity index (χ1v) is 2.79. The van der Waals surface area contributed by atoms with E-state index in [2.05, 4.69) is 10.3 Å². The summed E-state index contributed by atoms with van der Waals surface area (Å²) >= 11 is 0. The lowest BCUT2D eigenvalue weighted by molar-refractivity contribution is 0.155. The molecule has 1 aromatic heterocycles. The van der Waals surface area contributed by atoms with E-state index < -0.39 is 0 Å². The van der Waals surface area contributed by atoms with Gasteiger partial charge in [-0.25, -0.2) is 0 Å². The molecule has 0 aliphatic heterocycles. The first-order valence-electron chi connectivity index (χ1n) is 3.29. The summed E-state index contributed by atoms with van der Waals surface area (Å²) in [6, 6.07) is 5.17. The maximum Gasteiger partial charge on any atom is 0.130 e. The molecule has 10 heavy (non-hydrogen) atoms. The third-order valence-electron chi connectivity index (χ3n) is 1.26. The molecule has 4 heteroatoms. The van der Waals surface area contributed by atoms with Crippen molar-refractivity contribution in [3.63, 3.8) is 0 Å². The number of rotatable bonds is 0. The molecule has 0 atom stereocenters. The van der Waals surface area contributed by atoms with Gasteiger partial charge < -0.3 is 5.21 Å². The van der Waals surface area contributed by atoms with E-state index in [0.717, 1.165) is 0 Å². The Kier molecular flexibility index (Phi) is 0.725. The third kappa shape index (κ3) is 0.556. The zero-order chi connectivity index (χ0) is 7.84. The summed E-state index contributed by atoms with van der Waals surface area (Å²) in [4.78, 5) is 0.660. The van der Waals surface area contributed by atoms with Crippen LogP contribution in [0, 0.1) is 0 Å². The summed E-state index contributed by atoms with van der Waals surface area (Å²) in [5.74, 6) is 0. The molecule has 0 saturated heterocycles. The van der Waals surface area contributed by atoms with Gasteiger partial charge in [-0.05, 0) is 17.3 Å². The van der Waals surface area contributed by atoms with Gasteiger partial charge in [0.25, 0.3) is 0 Å². The van der Waals surface area contributed by atoms with Crippen LogP contribution in [0.15, 0.2) is 24.2 Å². The highest BCUT2D eigenvalue weighted by molar-refractivity contribution is 5.73. The molecule has 1 N–H and O–H groups in total. The molecular formula is C6H5N3O. The summed E-state index contributed by atoms with van der Waals surface area (Å²) in [5.41, 5.74) is 0.868. The highest BCUT2D eigenvalue weighted by Gasteiger charge is 1.98. The van der Waals surface area contributed by atoms with Crippen LogP contribution >= 0.6 is 0 Å². The third-order valence-corrected chi connectivity index (χ3v) is 1.26. The smallest absolute Gasteiger partial charge is 0.130 e. The van der Waals surface area contributed by atoms with E-state index >= 15 is 0 Å². The first kappa shape index (κ1) is 4.27. The molecular weight excluding hydrogens is 130 g/mol. The van der Waals surface area contributed by atoms with Crippen LogP contribution in [0.4, 0.5) is 0 Å². The summed E-state index contributed by atoms with van der Waals surface area (Å²) in [6.07, 6.45) is 0. The molecule has 50 valence electrons. The first-order chi connectivity index (χ1) is 5.29. The molecule has 0 fully saturated rings. The lowest BCUT2D eigenvalue weighted by atomic mass is 10.3. The van der Waals surface area contributed by atoms with Crippen LogP contribution in [0.25, 0.3) is 11.0 Å². The monoisotopic (exact) mass is 137 g/mol. The number of hydrogen-bond donors (Lipinski definition) is 1. The molecule has 0 radical (unpaired) electrons. The van der Waals surface area contributed by atoms with Crippen molar-refractivity contribution in [1.82, 2.24) is 15.2 Å². The maximum absolute atomic E-state index is 9.00. The van der Waals surface area contributed by atoms with Crippen LogP contribution < -0.4 is 0 Å². The average molecular weight is 137 g/mol. The highest BCUT2D eigenvalue weighted by Crippen LogP contribution is 2.06. The number of fused-ring (bicyclic) bond motifs is 1. The van der Waals surface area contributed by atoms with Crippen LogP contribution in [0.1, 0.15) is 1.37 Å². The van der Waals surface area contributed by atoms with E-state index in [1.54, 1.807) is 18.2 Å². The Morgan fingerprint density at radius 2 is 2.50 bits per heavy atom. The number of benzene rings is 1. The average Bonchev–Trinajstić information content (AvgIpc) is 2.35. The van der Waals surface area contributed by atoms with Gasteiger partial charge in [0, 0.05) is 0 Å². The summed E-state index contributed by atoms with van der Waals surface area (Å²) in [6.45, 7) is 0. The molecule has 1 heterocycles. The van der Waals surface area contributed by atoms with E-state index in [0.29, 0.717) is 15.9 Å². The van der Waals surface area contributed by atoms with E-state index in [1.807, 2.05) is 0 Å². The molecule has 0 unspecified atom stereocenters. The number of hydrogen-bond acceptors (Lipinski definition) is 3. The van der Waals surface area contributed by atoms with E-state index in [1.165, 1.54) is 0 Å². The molecule has 4 nitrogen and oxygen atoms in total. The normalized spacial score (nSPS) is 11.8. The zero-order valence-corrected chi connectivity index (χ0v) is 5.02. The van der Waals surface area contributed by atoms with E-state index in [4.69, 9.17) is 6.58 Å². The van der Waals surface area contributed by atoms with Crippen molar-refractivity contribution < 1.29 is 6.58 Å². The Bertz CT molecular complexity index is 398. The number of aromatic nitrogens is 3. The standard InChI is InChI=1S/C6H5N3O/c10-9-6-4-2-1-3-5(6)7-8-9/h1-4,10H/i3T. The Balaban J connectivity index is 2.94. The lowest BCUT2D eigenvalue weighted by Crippen LogP contribution is -1.90. The van der Waals surface area contributed by atoms with Gasteiger partial charge >= 0.3 is 0 Å². The second-order valence-electron chi connectivity index (χ2n) is 1.88. The fourth-order valence-electron chi connectivity index (χ4n) is 0.796. The highest BCUT2D eigenvalue weighted by atomic mass is 16.5. The second kappa shape index (κ2) is 1.70. The van der Waals surface area contributed by atoms with Gasteiger partial charge in [0.1, 0.15) is 11.0 Å². The van der Waals surface area contributed by atoms with Gasteiger partial charge in [-0.3, -0.25) is 0 Å². The zero-order valence-electron chi connectivity index (χ0n) is 6.02. The van der Waals surface area contributed by atoms with Gasteiger partial charge in [0.05, 0.1) is 1.37 Å². The Morgan fingerprint density at radius 1 is 1.60 bits per heavy atom. The molecule has 1 aromatic carbocycles. The molecule has 0 bridgehead atoms. The minimum atomic E-state index is 0.266. The van der Waals surface area contributed by atoms with Crippen LogP contribution in [-0.4, -0.2) is 20.4 Å². The molecule has 0 spiro atoms. The lowest BCUT2D eigenvalue weighted by Gasteiger charge is -1.85. The van der Waals surface area contributed by atoms with Gasteiger partial charge in [0.15, 0.2) is 0 Å². The van der Waals surface area contributed by atoms with E-state index in [9.17, 15) is 0 Å². The predicted octanol–water partition coefficient (Wildman–Crippen LogP) is 0.669. The van der Waals surface area contributed by atoms with Gasteiger partial charge in [-0.15, -0.1) is 5.10 Å². The summed E-state index contributed by atoms with van der Waals surface area (Å²) in [7, 11) is 0. The van der Waals surface area contributed by atoms with Gasteiger partial charge in [0.2, 0.25) is 0 Å². The molecule has 0 amide bonds. The van der Waals surface area contributed by atoms with Crippen LogP contribution in [0.5, 0.6) is 0 Å². The van der Waals surface area contributed by atoms with E-state index in [-0.39, 0.29) is 6.04 Å². The van der Waals surface area contributed by atoms with Gasteiger partial charge in [-0.1, -0.05) is 17.0 Å². The fraction of sp³-hybridized carbons (Fsp3) is 0. The minimum Gasteiger partial charge on any atom is -0.410 e. The SMILES string of the molecule is [3H]c1cccc2c1nnn2O. The van der Waals surface area contributed by atoms with Crippen molar-refractivity contribution in [1.29, 1.82) is 0 Å². The number of nitrogens with zero attached hydrogens (tertiary/aromatic N) is 3. The Labute approximate surface area is 58.1 Å². The molecule has 2 aromatic rings. The van der Waals surface area contributed by atoms with Crippen LogP contribution in [-0.2, 0) is 0 Å². The van der Waals surface area contributed by atoms with Crippen molar-refractivity contribution in [2.75, 3.05) is 0 Å². The van der Waals surface area contributed by atoms with Crippen molar-refractivity contribution in [3.8, 4) is 0 Å².